The molecule has 0 aliphatic rings. The Hall–Kier alpha value is -2.38. The highest BCUT2D eigenvalue weighted by Crippen LogP contribution is 2.28. The summed E-state index contributed by atoms with van der Waals surface area (Å²) in [5, 5.41) is 2.73. The number of nitrogens with one attached hydrogen (secondary N) is 2. The Bertz CT molecular complexity index is 863. The second kappa shape index (κ2) is 8.13. The number of aryl methyl sites for hydroxylation is 1. The van der Waals surface area contributed by atoms with Crippen molar-refractivity contribution in [2.75, 3.05) is 19.0 Å². The van der Waals surface area contributed by atoms with Crippen LogP contribution in [0.2, 0.25) is 0 Å². The minimum absolute atomic E-state index is 0.0711. The smallest absolute Gasteiger partial charge is 0.256 e. The molecule has 0 spiro atoms. The van der Waals surface area contributed by atoms with Crippen molar-refractivity contribution in [1.29, 1.82) is 0 Å². The van der Waals surface area contributed by atoms with E-state index in [0.717, 1.165) is 5.56 Å². The van der Waals surface area contributed by atoms with Crippen molar-refractivity contribution in [3.05, 3.63) is 53.6 Å². The fourth-order valence-electron chi connectivity index (χ4n) is 2.29. The molecule has 2 rings (SSSR count). The predicted octanol–water partition coefficient (Wildman–Crippen LogP) is 2.94. The molecule has 25 heavy (non-hydrogen) atoms. The predicted molar refractivity (Wildman–Crippen MR) is 97.6 cm³/mol. The van der Waals surface area contributed by atoms with E-state index in [9.17, 15) is 13.2 Å². The molecule has 0 saturated carbocycles. The SMILES string of the molecule is CCCNS(=O)(=O)c1ccc(OC)c(NC(=O)c2ccccc2C)c1. The minimum atomic E-state index is -3.64. The summed E-state index contributed by atoms with van der Waals surface area (Å²) in [5.41, 5.74) is 1.64. The van der Waals surface area contributed by atoms with Crippen molar-refractivity contribution < 1.29 is 17.9 Å². The lowest BCUT2D eigenvalue weighted by atomic mass is 10.1. The summed E-state index contributed by atoms with van der Waals surface area (Å²) in [7, 11) is -2.17. The summed E-state index contributed by atoms with van der Waals surface area (Å²) in [5.74, 6) is 0.0591. The van der Waals surface area contributed by atoms with Crippen molar-refractivity contribution in [3.63, 3.8) is 0 Å². The topological polar surface area (TPSA) is 84.5 Å². The quantitative estimate of drug-likeness (QED) is 0.793. The summed E-state index contributed by atoms with van der Waals surface area (Å²) in [6.45, 7) is 4.06. The van der Waals surface area contributed by atoms with Crippen LogP contribution in [-0.4, -0.2) is 28.0 Å². The molecule has 0 aliphatic carbocycles. The van der Waals surface area contributed by atoms with Gasteiger partial charge in [0.15, 0.2) is 0 Å². The van der Waals surface area contributed by atoms with Crippen molar-refractivity contribution in [2.45, 2.75) is 25.2 Å². The number of carbonyl (C=O) groups excluding carboxylic acids is 1. The van der Waals surface area contributed by atoms with E-state index in [1.165, 1.54) is 25.3 Å². The summed E-state index contributed by atoms with van der Waals surface area (Å²) in [6.07, 6.45) is 0.687. The first-order valence-corrected chi connectivity index (χ1v) is 9.42. The lowest BCUT2D eigenvalue weighted by Gasteiger charge is -2.13. The first kappa shape index (κ1) is 19.0. The van der Waals surface area contributed by atoms with Crippen molar-refractivity contribution in [1.82, 2.24) is 4.72 Å². The van der Waals surface area contributed by atoms with Crippen molar-refractivity contribution in [3.8, 4) is 5.75 Å². The molecular weight excluding hydrogens is 340 g/mol. The molecule has 7 heteroatoms. The molecule has 0 aromatic heterocycles. The molecule has 1 amide bonds. The molecule has 0 saturated heterocycles. The Balaban J connectivity index is 2.35. The van der Waals surface area contributed by atoms with Crippen LogP contribution in [0.25, 0.3) is 0 Å². The largest absolute Gasteiger partial charge is 0.495 e. The molecular formula is C18H22N2O4S. The van der Waals surface area contributed by atoms with Gasteiger partial charge < -0.3 is 10.1 Å². The lowest BCUT2D eigenvalue weighted by molar-refractivity contribution is 0.102. The van der Waals surface area contributed by atoms with E-state index in [4.69, 9.17) is 4.74 Å². The fourth-order valence-corrected chi connectivity index (χ4v) is 3.45. The maximum Gasteiger partial charge on any atom is 0.256 e. The third-order valence-electron chi connectivity index (χ3n) is 3.66. The number of carbonyl (C=O) groups is 1. The van der Waals surface area contributed by atoms with E-state index in [1.807, 2.05) is 26.0 Å². The highest BCUT2D eigenvalue weighted by molar-refractivity contribution is 7.89. The van der Waals surface area contributed by atoms with Crippen LogP contribution in [-0.2, 0) is 10.0 Å². The molecule has 0 unspecified atom stereocenters. The van der Waals surface area contributed by atoms with Gasteiger partial charge in [-0.15, -0.1) is 0 Å². The van der Waals surface area contributed by atoms with E-state index in [1.54, 1.807) is 12.1 Å². The van der Waals surface area contributed by atoms with E-state index in [2.05, 4.69) is 10.0 Å². The number of benzene rings is 2. The van der Waals surface area contributed by atoms with E-state index < -0.39 is 10.0 Å². The Morgan fingerprint density at radius 1 is 1.16 bits per heavy atom. The van der Waals surface area contributed by atoms with Crippen LogP contribution >= 0.6 is 0 Å². The average molecular weight is 362 g/mol. The number of amides is 1. The number of hydrogen-bond acceptors (Lipinski definition) is 4. The molecule has 2 N–H and O–H groups in total. The first-order valence-electron chi connectivity index (χ1n) is 7.93. The van der Waals surface area contributed by atoms with Gasteiger partial charge in [-0.1, -0.05) is 25.1 Å². The molecule has 0 aliphatic heterocycles. The number of hydrogen-bond donors (Lipinski definition) is 2. The van der Waals surface area contributed by atoms with E-state index in [0.29, 0.717) is 30.0 Å². The minimum Gasteiger partial charge on any atom is -0.495 e. The second-order valence-electron chi connectivity index (χ2n) is 5.53. The van der Waals surface area contributed by atoms with Crippen molar-refractivity contribution in [2.24, 2.45) is 0 Å². The fraction of sp³-hybridized carbons (Fsp3) is 0.278. The first-order chi connectivity index (χ1) is 11.9. The van der Waals surface area contributed by atoms with Crippen LogP contribution in [0, 0.1) is 6.92 Å². The Morgan fingerprint density at radius 2 is 1.88 bits per heavy atom. The molecule has 134 valence electrons. The van der Waals surface area contributed by atoms with Gasteiger partial charge in [-0.05, 0) is 43.2 Å². The molecule has 0 fully saturated rings. The van der Waals surface area contributed by atoms with Crippen LogP contribution in [0.5, 0.6) is 5.75 Å². The number of methoxy groups -OCH3 is 1. The number of sulfonamides is 1. The molecule has 0 radical (unpaired) electrons. The van der Waals surface area contributed by atoms with E-state index in [-0.39, 0.29) is 10.8 Å². The van der Waals surface area contributed by atoms with Crippen LogP contribution in [0.1, 0.15) is 29.3 Å². The molecule has 2 aromatic rings. The zero-order valence-electron chi connectivity index (χ0n) is 14.5. The third kappa shape index (κ3) is 4.58. The maximum absolute atomic E-state index is 12.5. The Labute approximate surface area is 148 Å². The van der Waals surface area contributed by atoms with Crippen LogP contribution in [0.15, 0.2) is 47.4 Å². The molecule has 2 aromatic carbocycles. The van der Waals surface area contributed by atoms with Gasteiger partial charge in [0, 0.05) is 12.1 Å². The zero-order valence-corrected chi connectivity index (χ0v) is 15.3. The monoisotopic (exact) mass is 362 g/mol. The maximum atomic E-state index is 12.5. The Morgan fingerprint density at radius 3 is 2.52 bits per heavy atom. The summed E-state index contributed by atoms with van der Waals surface area (Å²) >= 11 is 0. The number of rotatable bonds is 7. The van der Waals surface area contributed by atoms with Gasteiger partial charge in [-0.3, -0.25) is 4.79 Å². The second-order valence-corrected chi connectivity index (χ2v) is 7.30. The van der Waals surface area contributed by atoms with Crippen LogP contribution in [0.3, 0.4) is 0 Å². The third-order valence-corrected chi connectivity index (χ3v) is 5.12. The highest BCUT2D eigenvalue weighted by atomic mass is 32.2. The highest BCUT2D eigenvalue weighted by Gasteiger charge is 2.18. The standard InChI is InChI=1S/C18H22N2O4S/c1-4-11-19-25(22,23)14-9-10-17(24-3)16(12-14)20-18(21)15-8-6-5-7-13(15)2/h5-10,12,19H,4,11H2,1-3H3,(H,20,21). The number of anilines is 1. The van der Waals surface area contributed by atoms with Gasteiger partial charge in [-0.25, -0.2) is 13.1 Å². The van der Waals surface area contributed by atoms with Crippen LogP contribution < -0.4 is 14.8 Å². The summed E-state index contributed by atoms with van der Waals surface area (Å²) < 4.78 is 32.3. The molecule has 6 nitrogen and oxygen atoms in total. The van der Waals surface area contributed by atoms with Crippen LogP contribution in [0.4, 0.5) is 5.69 Å². The summed E-state index contributed by atoms with van der Waals surface area (Å²) in [4.78, 5) is 12.6. The van der Waals surface area contributed by atoms with Gasteiger partial charge in [0.25, 0.3) is 5.91 Å². The molecule has 0 bridgehead atoms. The average Bonchev–Trinajstić information content (AvgIpc) is 2.60. The van der Waals surface area contributed by atoms with E-state index >= 15 is 0 Å². The normalized spacial score (nSPS) is 11.2. The van der Waals surface area contributed by atoms with Crippen molar-refractivity contribution >= 4 is 21.6 Å². The van der Waals surface area contributed by atoms with Gasteiger partial charge in [0.05, 0.1) is 17.7 Å². The van der Waals surface area contributed by atoms with Gasteiger partial charge in [0.1, 0.15) is 5.75 Å². The Kier molecular flexibility index (Phi) is 6.17. The molecule has 0 heterocycles. The molecule has 0 atom stereocenters. The summed E-state index contributed by atoms with van der Waals surface area (Å²) in [6, 6.07) is 11.5. The number of ether oxygens (including phenoxy) is 1. The van der Waals surface area contributed by atoms with Gasteiger partial charge >= 0.3 is 0 Å². The van der Waals surface area contributed by atoms with Gasteiger partial charge in [0.2, 0.25) is 10.0 Å². The zero-order chi connectivity index (χ0) is 18.4. The lowest BCUT2D eigenvalue weighted by Crippen LogP contribution is -2.24. The van der Waals surface area contributed by atoms with Gasteiger partial charge in [-0.2, -0.15) is 0 Å².